The molecule has 1 N–H and O–H groups in total. The van der Waals surface area contributed by atoms with Crippen LogP contribution in [-0.2, 0) is 12.8 Å². The average molecular weight is 297 g/mol. The first-order valence-electron chi connectivity index (χ1n) is 7.89. The second kappa shape index (κ2) is 6.67. The predicted molar refractivity (Wildman–Crippen MR) is 91.1 cm³/mol. The van der Waals surface area contributed by atoms with Gasteiger partial charge in [-0.15, -0.1) is 0 Å². The number of hydrogen-bond acceptors (Lipinski definition) is 2. The molecule has 3 rings (SSSR count). The summed E-state index contributed by atoms with van der Waals surface area (Å²) in [6.45, 7) is 5.37. The molecular weight excluding hydrogens is 274 g/mol. The van der Waals surface area contributed by atoms with Crippen molar-refractivity contribution < 1.29 is 0 Å². The molecule has 2 heteroatoms. The molecule has 2 aromatic rings. The fraction of sp³-hybridized carbons (Fsp3) is 0.368. The molecule has 0 aromatic heterocycles. The second-order valence-electron chi connectivity index (χ2n) is 5.73. The molecule has 0 aliphatic heterocycles. The lowest BCUT2D eigenvalue weighted by atomic mass is 10.1. The van der Waals surface area contributed by atoms with Gasteiger partial charge in [0.05, 0.1) is 0 Å². The van der Waals surface area contributed by atoms with E-state index >= 15 is 0 Å². The maximum atomic E-state index is 3.45. The quantitative estimate of drug-likeness (QED) is 0.833. The summed E-state index contributed by atoms with van der Waals surface area (Å²) in [4.78, 5) is 2.68. The standard InChI is InChI=1S/C19H23NS/c1-3-20-14(2)15-7-10-18(11-8-15)21-19-12-9-16-5-4-6-17(16)13-19/h7-14,20H,3-6H2,1-2H3. The van der Waals surface area contributed by atoms with Crippen LogP contribution in [0, 0.1) is 0 Å². The summed E-state index contributed by atoms with van der Waals surface area (Å²) in [6.07, 6.45) is 3.83. The molecule has 0 saturated heterocycles. The maximum absolute atomic E-state index is 3.45. The van der Waals surface area contributed by atoms with Crippen molar-refractivity contribution in [1.29, 1.82) is 0 Å². The van der Waals surface area contributed by atoms with Crippen molar-refractivity contribution in [3.8, 4) is 0 Å². The highest BCUT2D eigenvalue weighted by molar-refractivity contribution is 7.99. The Hall–Kier alpha value is -1.25. The molecule has 1 unspecified atom stereocenters. The van der Waals surface area contributed by atoms with Gasteiger partial charge < -0.3 is 5.32 Å². The maximum Gasteiger partial charge on any atom is 0.0291 e. The highest BCUT2D eigenvalue weighted by atomic mass is 32.2. The van der Waals surface area contributed by atoms with Crippen LogP contribution >= 0.6 is 11.8 Å². The van der Waals surface area contributed by atoms with Crippen molar-refractivity contribution in [3.63, 3.8) is 0 Å². The fourth-order valence-corrected chi connectivity index (χ4v) is 3.88. The number of aryl methyl sites for hydroxylation is 2. The minimum absolute atomic E-state index is 0.425. The van der Waals surface area contributed by atoms with Crippen LogP contribution in [0.15, 0.2) is 52.3 Å². The molecule has 2 aromatic carbocycles. The summed E-state index contributed by atoms with van der Waals surface area (Å²) in [5, 5.41) is 3.45. The number of fused-ring (bicyclic) bond motifs is 1. The van der Waals surface area contributed by atoms with E-state index in [1.807, 2.05) is 11.8 Å². The molecular formula is C19H23NS. The van der Waals surface area contributed by atoms with Crippen LogP contribution in [0.1, 0.15) is 43.0 Å². The highest BCUT2D eigenvalue weighted by Gasteiger charge is 2.11. The van der Waals surface area contributed by atoms with Crippen LogP contribution in [0.2, 0.25) is 0 Å². The first kappa shape index (κ1) is 14.7. The smallest absolute Gasteiger partial charge is 0.0291 e. The first-order valence-corrected chi connectivity index (χ1v) is 8.71. The normalized spacial score (nSPS) is 15.0. The Morgan fingerprint density at radius 1 is 1.00 bits per heavy atom. The molecule has 0 heterocycles. The van der Waals surface area contributed by atoms with E-state index in [2.05, 4.69) is 61.6 Å². The molecule has 0 fully saturated rings. The molecule has 1 aliphatic carbocycles. The number of benzene rings is 2. The SMILES string of the molecule is CCNC(C)c1ccc(Sc2ccc3c(c2)CCC3)cc1. The number of nitrogens with one attached hydrogen (secondary N) is 1. The predicted octanol–water partition coefficient (Wildman–Crippen LogP) is 5.00. The van der Waals surface area contributed by atoms with Crippen LogP contribution in [-0.4, -0.2) is 6.54 Å². The van der Waals surface area contributed by atoms with E-state index in [0.29, 0.717) is 6.04 Å². The lowest BCUT2D eigenvalue weighted by Crippen LogP contribution is -2.17. The van der Waals surface area contributed by atoms with Gasteiger partial charge in [0, 0.05) is 15.8 Å². The number of hydrogen-bond donors (Lipinski definition) is 1. The lowest BCUT2D eigenvalue weighted by molar-refractivity contribution is 0.598. The van der Waals surface area contributed by atoms with Gasteiger partial charge in [0.2, 0.25) is 0 Å². The van der Waals surface area contributed by atoms with Gasteiger partial charge in [-0.2, -0.15) is 0 Å². The van der Waals surface area contributed by atoms with Crippen LogP contribution in [0.5, 0.6) is 0 Å². The van der Waals surface area contributed by atoms with E-state index in [-0.39, 0.29) is 0 Å². The zero-order valence-electron chi connectivity index (χ0n) is 12.9. The van der Waals surface area contributed by atoms with Crippen LogP contribution in [0.25, 0.3) is 0 Å². The zero-order chi connectivity index (χ0) is 14.7. The lowest BCUT2D eigenvalue weighted by Gasteiger charge is -2.13. The molecule has 0 bridgehead atoms. The highest BCUT2D eigenvalue weighted by Crippen LogP contribution is 2.32. The van der Waals surface area contributed by atoms with Gasteiger partial charge in [-0.05, 0) is 73.7 Å². The Morgan fingerprint density at radius 3 is 2.48 bits per heavy atom. The van der Waals surface area contributed by atoms with E-state index in [0.717, 1.165) is 6.54 Å². The first-order chi connectivity index (χ1) is 10.3. The van der Waals surface area contributed by atoms with Gasteiger partial charge in [-0.3, -0.25) is 0 Å². The van der Waals surface area contributed by atoms with Crippen molar-refractivity contribution in [2.24, 2.45) is 0 Å². The van der Waals surface area contributed by atoms with Gasteiger partial charge in [0.15, 0.2) is 0 Å². The molecule has 1 atom stereocenters. The molecule has 0 spiro atoms. The van der Waals surface area contributed by atoms with Crippen molar-refractivity contribution in [1.82, 2.24) is 5.32 Å². The third-order valence-electron chi connectivity index (χ3n) is 4.20. The Kier molecular flexibility index (Phi) is 4.67. The largest absolute Gasteiger partial charge is 0.310 e. The van der Waals surface area contributed by atoms with E-state index in [1.54, 1.807) is 11.1 Å². The van der Waals surface area contributed by atoms with Crippen molar-refractivity contribution >= 4 is 11.8 Å². The van der Waals surface area contributed by atoms with E-state index in [1.165, 1.54) is 34.6 Å². The summed E-state index contributed by atoms with van der Waals surface area (Å²) >= 11 is 1.87. The third-order valence-corrected chi connectivity index (χ3v) is 5.19. The van der Waals surface area contributed by atoms with E-state index < -0.39 is 0 Å². The van der Waals surface area contributed by atoms with Crippen molar-refractivity contribution in [2.75, 3.05) is 6.54 Å². The van der Waals surface area contributed by atoms with Gasteiger partial charge in [0.1, 0.15) is 0 Å². The summed E-state index contributed by atoms with van der Waals surface area (Å²) in [5.41, 5.74) is 4.46. The molecule has 1 nitrogen and oxygen atoms in total. The van der Waals surface area contributed by atoms with Crippen molar-refractivity contribution in [3.05, 3.63) is 59.2 Å². The molecule has 0 amide bonds. The van der Waals surface area contributed by atoms with Gasteiger partial charge in [-0.1, -0.05) is 36.9 Å². The molecule has 0 saturated carbocycles. The number of rotatable bonds is 5. The average Bonchev–Trinajstić information content (AvgIpc) is 2.96. The topological polar surface area (TPSA) is 12.0 Å². The van der Waals surface area contributed by atoms with Gasteiger partial charge >= 0.3 is 0 Å². The zero-order valence-corrected chi connectivity index (χ0v) is 13.7. The summed E-state index contributed by atoms with van der Waals surface area (Å²) in [5.74, 6) is 0. The fourth-order valence-electron chi connectivity index (χ4n) is 3.00. The molecule has 110 valence electrons. The second-order valence-corrected chi connectivity index (χ2v) is 6.88. The van der Waals surface area contributed by atoms with E-state index in [4.69, 9.17) is 0 Å². The Labute approximate surface area is 132 Å². The van der Waals surface area contributed by atoms with Gasteiger partial charge in [0.25, 0.3) is 0 Å². The summed E-state index contributed by atoms with van der Waals surface area (Å²) in [7, 11) is 0. The van der Waals surface area contributed by atoms with Crippen LogP contribution in [0.3, 0.4) is 0 Å². The Balaban J connectivity index is 1.70. The van der Waals surface area contributed by atoms with Crippen molar-refractivity contribution in [2.45, 2.75) is 48.9 Å². The third kappa shape index (κ3) is 3.50. The summed E-state index contributed by atoms with van der Waals surface area (Å²) < 4.78 is 0. The monoisotopic (exact) mass is 297 g/mol. The Bertz CT molecular complexity index is 603. The molecule has 0 radical (unpaired) electrons. The minimum Gasteiger partial charge on any atom is -0.310 e. The summed E-state index contributed by atoms with van der Waals surface area (Å²) in [6, 6.07) is 16.3. The van der Waals surface area contributed by atoms with Crippen LogP contribution in [0.4, 0.5) is 0 Å². The molecule has 1 aliphatic rings. The minimum atomic E-state index is 0.425. The molecule has 21 heavy (non-hydrogen) atoms. The van der Waals surface area contributed by atoms with Gasteiger partial charge in [-0.25, -0.2) is 0 Å². The Morgan fingerprint density at radius 2 is 1.71 bits per heavy atom. The van der Waals surface area contributed by atoms with Crippen LogP contribution < -0.4 is 5.32 Å². The van der Waals surface area contributed by atoms with E-state index in [9.17, 15) is 0 Å².